The zero-order valence-electron chi connectivity index (χ0n) is 17.4. The first-order chi connectivity index (χ1) is 14.9. The average Bonchev–Trinajstić information content (AvgIpc) is 3.35. The quantitative estimate of drug-likeness (QED) is 0.518. The van der Waals surface area contributed by atoms with Crippen LogP contribution in [0, 0.1) is 11.8 Å². The number of hydrogen-bond acceptors (Lipinski definition) is 3. The molecular formula is C25H24Cl2N2O2. The van der Waals surface area contributed by atoms with Crippen molar-refractivity contribution >= 4 is 35.0 Å². The van der Waals surface area contributed by atoms with Crippen LogP contribution in [-0.2, 0) is 19.3 Å². The Morgan fingerprint density at radius 3 is 1.74 bits per heavy atom. The van der Waals surface area contributed by atoms with E-state index in [1.54, 1.807) is 0 Å². The third-order valence-corrected chi connectivity index (χ3v) is 9.26. The predicted octanol–water partition coefficient (Wildman–Crippen LogP) is 4.06. The molecule has 0 unspecified atom stereocenters. The van der Waals surface area contributed by atoms with Crippen LogP contribution < -0.4 is 0 Å². The molecule has 160 valence electrons. The number of alkyl halides is 2. The summed E-state index contributed by atoms with van der Waals surface area (Å²) in [5.74, 6) is -1.75. The zero-order chi connectivity index (χ0) is 21.5. The number of hydrogen-bond donors (Lipinski definition) is 0. The van der Waals surface area contributed by atoms with Crippen LogP contribution in [0.3, 0.4) is 0 Å². The lowest BCUT2D eigenvalue weighted by atomic mass is 9.54. The molecule has 0 aromatic heterocycles. The second-order valence-corrected chi connectivity index (χ2v) is 10.4. The minimum absolute atomic E-state index is 0.179. The van der Waals surface area contributed by atoms with E-state index in [1.807, 2.05) is 48.5 Å². The van der Waals surface area contributed by atoms with Gasteiger partial charge in [-0.1, -0.05) is 55.5 Å². The number of likely N-dealkylation sites (N-methyl/N-ethyl adjacent to an activating group) is 1. The Morgan fingerprint density at radius 1 is 0.871 bits per heavy atom. The Balaban J connectivity index is 1.52. The average molecular weight is 455 g/mol. The predicted molar refractivity (Wildman–Crippen MR) is 120 cm³/mol. The van der Waals surface area contributed by atoms with E-state index in [0.717, 1.165) is 48.2 Å². The molecule has 4 nitrogen and oxygen atoms in total. The molecule has 2 aliphatic heterocycles. The van der Waals surface area contributed by atoms with Gasteiger partial charge in [0.15, 0.2) is 0 Å². The van der Waals surface area contributed by atoms with Crippen LogP contribution >= 0.6 is 23.2 Å². The van der Waals surface area contributed by atoms with Gasteiger partial charge in [0, 0.05) is 12.6 Å². The third kappa shape index (κ3) is 2.26. The number of nitrogens with zero attached hydrogens (tertiary/aromatic N) is 2. The molecule has 0 N–H and O–H groups in total. The molecule has 7 rings (SSSR count). The number of likely N-dealkylation sites (tertiary alicyclic amines) is 2. The van der Waals surface area contributed by atoms with E-state index in [4.69, 9.17) is 23.2 Å². The van der Waals surface area contributed by atoms with E-state index in [0.29, 0.717) is 6.54 Å². The molecule has 2 heterocycles. The number of rotatable bonds is 3. The van der Waals surface area contributed by atoms with E-state index >= 15 is 0 Å². The minimum Gasteiger partial charge on any atom is -0.299 e. The summed E-state index contributed by atoms with van der Waals surface area (Å²) in [6.07, 6.45) is 2.09. The number of benzene rings is 2. The van der Waals surface area contributed by atoms with Gasteiger partial charge >= 0.3 is 0 Å². The summed E-state index contributed by atoms with van der Waals surface area (Å²) >= 11 is 14.9. The van der Waals surface area contributed by atoms with E-state index in [1.165, 1.54) is 4.90 Å². The Morgan fingerprint density at radius 2 is 1.32 bits per heavy atom. The Bertz CT molecular complexity index is 995. The van der Waals surface area contributed by atoms with Crippen LogP contribution in [0.2, 0.25) is 0 Å². The molecule has 0 radical (unpaired) electrons. The molecule has 31 heavy (non-hydrogen) atoms. The van der Waals surface area contributed by atoms with Crippen molar-refractivity contribution < 1.29 is 9.59 Å². The van der Waals surface area contributed by atoms with Gasteiger partial charge in [0.05, 0.1) is 11.8 Å². The Labute approximate surface area is 192 Å². The standard InChI is InChI=1S/C25H24Cl2N2O2/c1-2-28-13-7-8-15(28)14-29-22(30)20-21(23(29)31)25(27)17-10-4-3-9-16(17)24(20,26)18-11-5-6-12-19(18)25/h3-6,9-12,15,20-21H,2,7-8,13-14H2,1H3/t15-,20-,21+,24?,25?/m1/s1. The monoisotopic (exact) mass is 454 g/mol. The first-order valence-electron chi connectivity index (χ1n) is 11.1. The van der Waals surface area contributed by atoms with Gasteiger partial charge in [-0.3, -0.25) is 19.4 Å². The van der Waals surface area contributed by atoms with Gasteiger partial charge in [0.25, 0.3) is 0 Å². The highest BCUT2D eigenvalue weighted by molar-refractivity contribution is 6.36. The number of halogens is 2. The fourth-order valence-electron chi connectivity index (χ4n) is 6.63. The lowest BCUT2D eigenvalue weighted by Gasteiger charge is -2.54. The second-order valence-electron chi connectivity index (χ2n) is 9.18. The zero-order valence-corrected chi connectivity index (χ0v) is 18.9. The summed E-state index contributed by atoms with van der Waals surface area (Å²) in [5.41, 5.74) is 3.41. The molecule has 0 saturated carbocycles. The van der Waals surface area contributed by atoms with Gasteiger partial charge in [-0.2, -0.15) is 0 Å². The fourth-order valence-corrected chi connectivity index (χ4v) is 7.73. The van der Waals surface area contributed by atoms with Crippen LogP contribution in [0.25, 0.3) is 0 Å². The van der Waals surface area contributed by atoms with Crippen molar-refractivity contribution in [1.82, 2.24) is 9.80 Å². The largest absolute Gasteiger partial charge is 0.299 e. The SMILES string of the molecule is CCN1CCC[C@@H]1CN1C(=O)[C@@H]2[C@H](C1=O)C1(Cl)c3ccccc3C2(Cl)c2ccccc21. The van der Waals surface area contributed by atoms with Crippen molar-refractivity contribution in [3.05, 3.63) is 70.8 Å². The van der Waals surface area contributed by atoms with Crippen molar-refractivity contribution in [3.63, 3.8) is 0 Å². The summed E-state index contributed by atoms with van der Waals surface area (Å²) in [6, 6.07) is 15.8. The maximum atomic E-state index is 13.8. The maximum absolute atomic E-state index is 13.8. The van der Waals surface area contributed by atoms with Crippen molar-refractivity contribution in [3.8, 4) is 0 Å². The van der Waals surface area contributed by atoms with Crippen LogP contribution in [0.15, 0.2) is 48.5 Å². The second kappa shape index (κ2) is 6.57. The van der Waals surface area contributed by atoms with Crippen molar-refractivity contribution in [2.24, 2.45) is 11.8 Å². The van der Waals surface area contributed by atoms with Crippen molar-refractivity contribution in [2.45, 2.75) is 35.6 Å². The first kappa shape index (κ1) is 19.8. The molecule has 0 spiro atoms. The van der Waals surface area contributed by atoms with Gasteiger partial charge in [0.1, 0.15) is 9.75 Å². The van der Waals surface area contributed by atoms with Gasteiger partial charge in [0.2, 0.25) is 11.8 Å². The van der Waals surface area contributed by atoms with Gasteiger partial charge in [-0.25, -0.2) is 0 Å². The molecule has 2 aromatic carbocycles. The lowest BCUT2D eigenvalue weighted by molar-refractivity contribution is -0.140. The first-order valence-corrected chi connectivity index (χ1v) is 11.9. The summed E-state index contributed by atoms with van der Waals surface area (Å²) in [6.45, 7) is 4.48. The lowest BCUT2D eigenvalue weighted by Crippen LogP contribution is -2.57. The number of imide groups is 1. The highest BCUT2D eigenvalue weighted by Crippen LogP contribution is 2.69. The highest BCUT2D eigenvalue weighted by atomic mass is 35.5. The Hall–Kier alpha value is -1.88. The summed E-state index contributed by atoms with van der Waals surface area (Å²) < 4.78 is 0. The minimum atomic E-state index is -1.09. The number of carbonyl (C=O) groups excluding carboxylic acids is 2. The molecule has 2 amide bonds. The molecule has 3 aliphatic carbocycles. The number of carbonyl (C=O) groups is 2. The molecule has 5 aliphatic rings. The maximum Gasteiger partial charge on any atom is 0.235 e. The van der Waals surface area contributed by atoms with Crippen molar-refractivity contribution in [2.75, 3.05) is 19.6 Å². The van der Waals surface area contributed by atoms with Crippen LogP contribution in [0.4, 0.5) is 0 Å². The smallest absolute Gasteiger partial charge is 0.235 e. The normalized spacial score (nSPS) is 36.0. The third-order valence-electron chi connectivity index (χ3n) is 7.98. The molecule has 3 atom stereocenters. The molecule has 2 aromatic rings. The van der Waals surface area contributed by atoms with Gasteiger partial charge < -0.3 is 0 Å². The molecule has 2 fully saturated rings. The van der Waals surface area contributed by atoms with Crippen LogP contribution in [0.5, 0.6) is 0 Å². The van der Waals surface area contributed by atoms with E-state index in [-0.39, 0.29) is 17.9 Å². The van der Waals surface area contributed by atoms with Gasteiger partial charge in [-0.15, -0.1) is 23.2 Å². The topological polar surface area (TPSA) is 40.6 Å². The van der Waals surface area contributed by atoms with Crippen molar-refractivity contribution in [1.29, 1.82) is 0 Å². The van der Waals surface area contributed by atoms with Crippen LogP contribution in [0.1, 0.15) is 42.0 Å². The van der Waals surface area contributed by atoms with Crippen LogP contribution in [-0.4, -0.2) is 47.3 Å². The molecule has 6 heteroatoms. The summed E-state index contributed by atoms with van der Waals surface area (Å²) in [4.78, 5) is 29.3. The summed E-state index contributed by atoms with van der Waals surface area (Å²) in [5, 5.41) is 0. The molecule has 2 bridgehead atoms. The Kier molecular flexibility index (Phi) is 4.19. The molecular weight excluding hydrogens is 431 g/mol. The van der Waals surface area contributed by atoms with E-state index in [9.17, 15) is 9.59 Å². The summed E-state index contributed by atoms with van der Waals surface area (Å²) in [7, 11) is 0. The van der Waals surface area contributed by atoms with Gasteiger partial charge in [-0.05, 0) is 48.2 Å². The number of amides is 2. The van der Waals surface area contributed by atoms with E-state index < -0.39 is 21.6 Å². The highest BCUT2D eigenvalue weighted by Gasteiger charge is 2.73. The fraction of sp³-hybridized carbons (Fsp3) is 0.440. The molecule has 2 saturated heterocycles. The van der Waals surface area contributed by atoms with E-state index in [2.05, 4.69) is 11.8 Å².